The van der Waals surface area contributed by atoms with Crippen molar-refractivity contribution in [2.75, 3.05) is 20.1 Å². The molecule has 0 amide bonds. The lowest BCUT2D eigenvalue weighted by Gasteiger charge is -2.13. The smallest absolute Gasteiger partial charge is 0.0186 e. The van der Waals surface area contributed by atoms with Gasteiger partial charge < -0.3 is 4.90 Å². The van der Waals surface area contributed by atoms with Crippen LogP contribution in [0.3, 0.4) is 0 Å². The highest BCUT2D eigenvalue weighted by molar-refractivity contribution is 4.99. The van der Waals surface area contributed by atoms with Gasteiger partial charge in [0, 0.05) is 6.54 Å². The predicted molar refractivity (Wildman–Crippen MR) is 47.2 cm³/mol. The molecule has 0 aromatic rings. The Labute approximate surface area is 64.7 Å². The third kappa shape index (κ3) is 4.57. The van der Waals surface area contributed by atoms with Crippen LogP contribution >= 0.6 is 0 Å². The van der Waals surface area contributed by atoms with Crippen LogP contribution in [0.1, 0.15) is 27.2 Å². The molecule has 0 fully saturated rings. The van der Waals surface area contributed by atoms with Gasteiger partial charge in [-0.25, -0.2) is 0 Å². The fraction of sp³-hybridized carbons (Fsp3) is 0.778. The van der Waals surface area contributed by atoms with Gasteiger partial charge >= 0.3 is 0 Å². The van der Waals surface area contributed by atoms with Crippen molar-refractivity contribution in [3.05, 3.63) is 11.6 Å². The molecule has 0 N–H and O–H groups in total. The van der Waals surface area contributed by atoms with E-state index in [-0.39, 0.29) is 0 Å². The van der Waals surface area contributed by atoms with Crippen molar-refractivity contribution in [1.82, 2.24) is 4.90 Å². The SMILES string of the molecule is CC/C=C(\C)CN(C)CC. The van der Waals surface area contributed by atoms with Gasteiger partial charge in [0.1, 0.15) is 0 Å². The number of likely N-dealkylation sites (N-methyl/N-ethyl adjacent to an activating group) is 1. The third-order valence-corrected chi connectivity index (χ3v) is 1.61. The summed E-state index contributed by atoms with van der Waals surface area (Å²) in [5.41, 5.74) is 1.48. The quantitative estimate of drug-likeness (QED) is 0.543. The molecule has 10 heavy (non-hydrogen) atoms. The van der Waals surface area contributed by atoms with Gasteiger partial charge in [0.2, 0.25) is 0 Å². The zero-order valence-electron chi connectivity index (χ0n) is 7.65. The van der Waals surface area contributed by atoms with Gasteiger partial charge in [-0.05, 0) is 26.9 Å². The van der Waals surface area contributed by atoms with Crippen LogP contribution in [0.15, 0.2) is 11.6 Å². The van der Waals surface area contributed by atoms with Gasteiger partial charge in [-0.15, -0.1) is 0 Å². The largest absolute Gasteiger partial charge is 0.303 e. The first kappa shape index (κ1) is 9.70. The third-order valence-electron chi connectivity index (χ3n) is 1.61. The minimum atomic E-state index is 1.12. The fourth-order valence-corrected chi connectivity index (χ4v) is 0.951. The zero-order valence-corrected chi connectivity index (χ0v) is 7.65. The first-order valence-corrected chi connectivity index (χ1v) is 4.04. The monoisotopic (exact) mass is 141 g/mol. The lowest BCUT2D eigenvalue weighted by molar-refractivity contribution is 0.383. The Kier molecular flexibility index (Phi) is 5.32. The Hall–Kier alpha value is -0.300. The molecule has 0 spiro atoms. The molecule has 0 aliphatic carbocycles. The fourth-order valence-electron chi connectivity index (χ4n) is 0.951. The molecule has 0 saturated heterocycles. The van der Waals surface area contributed by atoms with Crippen LogP contribution in [0.2, 0.25) is 0 Å². The van der Waals surface area contributed by atoms with Crippen molar-refractivity contribution >= 4 is 0 Å². The van der Waals surface area contributed by atoms with Crippen molar-refractivity contribution < 1.29 is 0 Å². The number of rotatable bonds is 4. The number of allylic oxidation sites excluding steroid dienone is 1. The standard InChI is InChI=1S/C9H19N/c1-5-7-9(3)8-10(4)6-2/h7H,5-6,8H2,1-4H3/b9-7+. The minimum Gasteiger partial charge on any atom is -0.303 e. The van der Waals surface area contributed by atoms with E-state index in [1.54, 1.807) is 0 Å². The Morgan fingerprint density at radius 1 is 1.40 bits per heavy atom. The second-order valence-corrected chi connectivity index (χ2v) is 2.79. The summed E-state index contributed by atoms with van der Waals surface area (Å²) in [4.78, 5) is 2.31. The molecule has 0 aromatic heterocycles. The highest BCUT2D eigenvalue weighted by Gasteiger charge is 1.93. The molecule has 0 radical (unpaired) electrons. The van der Waals surface area contributed by atoms with Crippen LogP contribution in [-0.2, 0) is 0 Å². The average molecular weight is 141 g/mol. The van der Waals surface area contributed by atoms with E-state index in [0.717, 1.165) is 19.5 Å². The maximum absolute atomic E-state index is 2.31. The van der Waals surface area contributed by atoms with E-state index < -0.39 is 0 Å². The highest BCUT2D eigenvalue weighted by atomic mass is 15.1. The van der Waals surface area contributed by atoms with Crippen LogP contribution < -0.4 is 0 Å². The van der Waals surface area contributed by atoms with Crippen molar-refractivity contribution in [3.63, 3.8) is 0 Å². The maximum Gasteiger partial charge on any atom is 0.0186 e. The van der Waals surface area contributed by atoms with Crippen LogP contribution in [0, 0.1) is 0 Å². The molecule has 0 aliphatic heterocycles. The van der Waals surface area contributed by atoms with E-state index in [2.05, 4.69) is 38.8 Å². The van der Waals surface area contributed by atoms with Crippen molar-refractivity contribution in [2.45, 2.75) is 27.2 Å². The van der Waals surface area contributed by atoms with E-state index >= 15 is 0 Å². The van der Waals surface area contributed by atoms with Crippen molar-refractivity contribution in [2.24, 2.45) is 0 Å². The molecule has 0 heterocycles. The van der Waals surface area contributed by atoms with Gasteiger partial charge in [-0.2, -0.15) is 0 Å². The summed E-state index contributed by atoms with van der Waals surface area (Å²) in [6.45, 7) is 8.80. The Balaban J connectivity index is 3.56. The molecular weight excluding hydrogens is 122 g/mol. The highest BCUT2D eigenvalue weighted by Crippen LogP contribution is 1.96. The van der Waals surface area contributed by atoms with Gasteiger partial charge in [0.15, 0.2) is 0 Å². The molecule has 0 rings (SSSR count). The van der Waals surface area contributed by atoms with Gasteiger partial charge in [-0.1, -0.05) is 25.5 Å². The second-order valence-electron chi connectivity index (χ2n) is 2.79. The van der Waals surface area contributed by atoms with E-state index in [1.165, 1.54) is 5.57 Å². The van der Waals surface area contributed by atoms with Crippen LogP contribution in [0.25, 0.3) is 0 Å². The van der Waals surface area contributed by atoms with Crippen molar-refractivity contribution in [1.29, 1.82) is 0 Å². The van der Waals surface area contributed by atoms with Gasteiger partial charge in [-0.3, -0.25) is 0 Å². The molecule has 60 valence electrons. The number of nitrogens with zero attached hydrogens (tertiary/aromatic N) is 1. The van der Waals surface area contributed by atoms with E-state index in [0.29, 0.717) is 0 Å². The van der Waals surface area contributed by atoms with E-state index in [4.69, 9.17) is 0 Å². The Morgan fingerprint density at radius 2 is 2.00 bits per heavy atom. The first-order valence-electron chi connectivity index (χ1n) is 4.04. The van der Waals surface area contributed by atoms with Crippen LogP contribution in [0.5, 0.6) is 0 Å². The normalized spacial score (nSPS) is 12.7. The Morgan fingerprint density at radius 3 is 2.40 bits per heavy atom. The molecule has 0 saturated carbocycles. The summed E-state index contributed by atoms with van der Waals surface area (Å²) < 4.78 is 0. The molecule has 1 nitrogen and oxygen atoms in total. The molecule has 0 aliphatic rings. The summed E-state index contributed by atoms with van der Waals surface area (Å²) in [5.74, 6) is 0. The minimum absolute atomic E-state index is 1.12. The number of hydrogen-bond donors (Lipinski definition) is 0. The summed E-state index contributed by atoms with van der Waals surface area (Å²) in [5, 5.41) is 0. The summed E-state index contributed by atoms with van der Waals surface area (Å²) in [7, 11) is 2.15. The van der Waals surface area contributed by atoms with Crippen LogP contribution in [-0.4, -0.2) is 25.0 Å². The zero-order chi connectivity index (χ0) is 7.98. The lowest BCUT2D eigenvalue weighted by Crippen LogP contribution is -2.19. The van der Waals surface area contributed by atoms with Crippen molar-refractivity contribution in [3.8, 4) is 0 Å². The number of hydrogen-bond acceptors (Lipinski definition) is 1. The van der Waals surface area contributed by atoms with E-state index in [1.807, 2.05) is 0 Å². The topological polar surface area (TPSA) is 3.24 Å². The molecule has 0 atom stereocenters. The average Bonchev–Trinajstić information content (AvgIpc) is 1.88. The summed E-state index contributed by atoms with van der Waals surface area (Å²) in [6.07, 6.45) is 3.44. The molecule has 0 aromatic carbocycles. The predicted octanol–water partition coefficient (Wildman–Crippen LogP) is 2.29. The Bertz CT molecular complexity index is 105. The first-order chi connectivity index (χ1) is 4.70. The van der Waals surface area contributed by atoms with Gasteiger partial charge in [0.05, 0.1) is 0 Å². The van der Waals surface area contributed by atoms with Crippen LogP contribution in [0.4, 0.5) is 0 Å². The molecular formula is C9H19N. The van der Waals surface area contributed by atoms with Gasteiger partial charge in [0.25, 0.3) is 0 Å². The summed E-state index contributed by atoms with van der Waals surface area (Å²) in [6, 6.07) is 0. The summed E-state index contributed by atoms with van der Waals surface area (Å²) >= 11 is 0. The molecule has 1 heteroatoms. The maximum atomic E-state index is 2.31. The molecule has 0 unspecified atom stereocenters. The van der Waals surface area contributed by atoms with E-state index in [9.17, 15) is 0 Å². The lowest BCUT2D eigenvalue weighted by atomic mass is 10.2. The second kappa shape index (κ2) is 5.48. The molecule has 0 bridgehead atoms.